The van der Waals surface area contributed by atoms with E-state index in [0.29, 0.717) is 13.2 Å². The number of nitrogens with two attached hydrogens (primary N) is 1. The molecule has 0 aliphatic heterocycles. The Labute approximate surface area is 196 Å². The molecule has 0 unspecified atom stereocenters. The first-order valence-electron chi connectivity index (χ1n) is 10.7. The first-order chi connectivity index (χ1) is 16.0. The zero-order chi connectivity index (χ0) is 25.5. The second-order valence-corrected chi connectivity index (χ2v) is 8.20. The highest BCUT2D eigenvalue weighted by molar-refractivity contribution is 5.79. The van der Waals surface area contributed by atoms with E-state index < -0.39 is 12.1 Å². The molecule has 2 aromatic carbocycles. The molecular weight excluding hydrogens is 451 g/mol. The van der Waals surface area contributed by atoms with Crippen molar-refractivity contribution in [1.82, 2.24) is 9.80 Å². The normalized spacial score (nSPS) is 13.4. The van der Waals surface area contributed by atoms with E-state index in [9.17, 15) is 18.0 Å². The summed E-state index contributed by atoms with van der Waals surface area (Å²) in [5.41, 5.74) is 10.8. The van der Waals surface area contributed by atoms with Gasteiger partial charge in [0.15, 0.2) is 0 Å². The van der Waals surface area contributed by atoms with Gasteiger partial charge in [-0.3, -0.25) is 0 Å². The van der Waals surface area contributed by atoms with Crippen LogP contribution < -0.4 is 5.73 Å². The molecular formula is C24H30F3N3O4. The van der Waals surface area contributed by atoms with Crippen molar-refractivity contribution in [2.24, 2.45) is 5.73 Å². The standard InChI is InChI=1S/C22H29N3O2.C2HF3O2/c1-24(2)13-12-16(14-23)25(3)22(26)27-15-21-19-10-6-4-8-17(19)18-9-5-7-11-20(18)21;3-2(4,5)1(6)7/h4-11,16,21H,12-15,23H2,1-3H3;(H,6,7)/t16-;/m0./s1. The molecule has 1 aliphatic rings. The fourth-order valence-corrected chi connectivity index (χ4v) is 3.72. The first kappa shape index (κ1) is 27.1. The van der Waals surface area contributed by atoms with Crippen LogP contribution in [0.1, 0.15) is 23.5 Å². The van der Waals surface area contributed by atoms with Crippen molar-refractivity contribution in [3.8, 4) is 11.1 Å². The van der Waals surface area contributed by atoms with E-state index >= 15 is 0 Å². The quantitative estimate of drug-likeness (QED) is 0.625. The van der Waals surface area contributed by atoms with Crippen LogP contribution in [0.25, 0.3) is 11.1 Å². The lowest BCUT2D eigenvalue weighted by Crippen LogP contribution is -2.43. The number of benzene rings is 2. The molecule has 1 amide bonds. The smallest absolute Gasteiger partial charge is 0.475 e. The third-order valence-corrected chi connectivity index (χ3v) is 5.60. The van der Waals surface area contributed by atoms with E-state index in [1.165, 1.54) is 22.3 Å². The van der Waals surface area contributed by atoms with E-state index in [4.69, 9.17) is 20.4 Å². The molecule has 3 N–H and O–H groups in total. The molecule has 10 heteroatoms. The van der Waals surface area contributed by atoms with Crippen molar-refractivity contribution in [3.63, 3.8) is 0 Å². The highest BCUT2D eigenvalue weighted by Crippen LogP contribution is 2.44. The second kappa shape index (κ2) is 11.8. The van der Waals surface area contributed by atoms with Crippen LogP contribution >= 0.6 is 0 Å². The van der Waals surface area contributed by atoms with E-state index in [-0.39, 0.29) is 18.1 Å². The molecule has 0 fully saturated rings. The molecule has 0 radical (unpaired) electrons. The SMILES string of the molecule is CN(C)CC[C@@H](CN)N(C)C(=O)OCC1c2ccccc2-c2ccccc21.O=C(O)C(F)(F)F. The molecule has 1 atom stereocenters. The topological polar surface area (TPSA) is 96.1 Å². The lowest BCUT2D eigenvalue weighted by atomic mass is 9.98. The molecule has 0 aromatic heterocycles. The zero-order valence-electron chi connectivity index (χ0n) is 19.4. The predicted octanol–water partition coefficient (Wildman–Crippen LogP) is 3.78. The van der Waals surface area contributed by atoms with Crippen LogP contribution in [0.3, 0.4) is 0 Å². The average molecular weight is 482 g/mol. The van der Waals surface area contributed by atoms with Gasteiger partial charge in [-0.05, 0) is 49.3 Å². The lowest BCUT2D eigenvalue weighted by Gasteiger charge is -2.28. The van der Waals surface area contributed by atoms with Gasteiger partial charge in [0, 0.05) is 25.6 Å². The van der Waals surface area contributed by atoms with Gasteiger partial charge in [-0.15, -0.1) is 0 Å². The number of rotatable bonds is 7. The molecule has 1 aliphatic carbocycles. The van der Waals surface area contributed by atoms with Gasteiger partial charge in [0.25, 0.3) is 0 Å². The summed E-state index contributed by atoms with van der Waals surface area (Å²) in [6, 6.07) is 16.7. The second-order valence-electron chi connectivity index (χ2n) is 8.20. The average Bonchev–Trinajstić information content (AvgIpc) is 3.11. The number of carbonyl (C=O) groups excluding carboxylic acids is 1. The fourth-order valence-electron chi connectivity index (χ4n) is 3.72. The summed E-state index contributed by atoms with van der Waals surface area (Å²) in [5, 5.41) is 7.12. The Kier molecular flexibility index (Phi) is 9.46. The predicted molar refractivity (Wildman–Crippen MR) is 123 cm³/mol. The molecule has 0 saturated carbocycles. The number of carbonyl (C=O) groups is 2. The molecule has 34 heavy (non-hydrogen) atoms. The summed E-state index contributed by atoms with van der Waals surface area (Å²) in [5.74, 6) is -2.68. The Morgan fingerprint density at radius 1 is 1.03 bits per heavy atom. The third-order valence-electron chi connectivity index (χ3n) is 5.60. The Morgan fingerprint density at radius 2 is 1.50 bits per heavy atom. The molecule has 0 bridgehead atoms. The molecule has 3 rings (SSSR count). The van der Waals surface area contributed by atoms with Gasteiger partial charge in [0.1, 0.15) is 6.61 Å². The molecule has 186 valence electrons. The number of carboxylic acids is 1. The summed E-state index contributed by atoms with van der Waals surface area (Å²) in [6.07, 6.45) is -4.57. The molecule has 7 nitrogen and oxygen atoms in total. The van der Waals surface area contributed by atoms with E-state index in [2.05, 4.69) is 29.2 Å². The number of hydrogen-bond donors (Lipinski definition) is 2. The maximum atomic E-state index is 12.6. The van der Waals surface area contributed by atoms with Crippen LogP contribution in [-0.2, 0) is 9.53 Å². The van der Waals surface area contributed by atoms with Crippen LogP contribution in [0.4, 0.5) is 18.0 Å². The summed E-state index contributed by atoms with van der Waals surface area (Å²) < 4.78 is 37.4. The number of carboxylic acid groups (broad SMARTS) is 1. The number of hydrogen-bond acceptors (Lipinski definition) is 5. The van der Waals surface area contributed by atoms with Gasteiger partial charge in [-0.1, -0.05) is 48.5 Å². The number of amides is 1. The molecule has 0 spiro atoms. The maximum Gasteiger partial charge on any atom is 0.490 e. The van der Waals surface area contributed by atoms with Crippen molar-refractivity contribution in [2.45, 2.75) is 24.6 Å². The number of aliphatic carboxylic acids is 1. The van der Waals surface area contributed by atoms with Crippen LogP contribution in [0.5, 0.6) is 0 Å². The summed E-state index contributed by atoms with van der Waals surface area (Å²) in [7, 11) is 5.80. The molecule has 0 saturated heterocycles. The Balaban J connectivity index is 0.000000509. The van der Waals surface area contributed by atoms with Crippen LogP contribution in [0.15, 0.2) is 48.5 Å². The van der Waals surface area contributed by atoms with E-state index in [1.54, 1.807) is 11.9 Å². The minimum Gasteiger partial charge on any atom is -0.475 e. The van der Waals surface area contributed by atoms with Gasteiger partial charge < -0.3 is 25.4 Å². The van der Waals surface area contributed by atoms with Gasteiger partial charge >= 0.3 is 18.2 Å². The highest BCUT2D eigenvalue weighted by atomic mass is 19.4. The lowest BCUT2D eigenvalue weighted by molar-refractivity contribution is -0.192. The number of nitrogens with zero attached hydrogens (tertiary/aromatic N) is 2. The number of likely N-dealkylation sites (N-methyl/N-ethyl adjacent to an activating group) is 1. The first-order valence-corrected chi connectivity index (χ1v) is 10.7. The monoisotopic (exact) mass is 481 g/mol. The summed E-state index contributed by atoms with van der Waals surface area (Å²) in [4.78, 5) is 25.2. The van der Waals surface area contributed by atoms with Crippen molar-refractivity contribution >= 4 is 12.1 Å². The third kappa shape index (κ3) is 6.94. The minimum absolute atomic E-state index is 0.0250. The summed E-state index contributed by atoms with van der Waals surface area (Å²) in [6.45, 7) is 1.64. The van der Waals surface area contributed by atoms with Gasteiger partial charge in [0.2, 0.25) is 0 Å². The molecule has 2 aromatic rings. The number of halogens is 3. The minimum atomic E-state index is -5.08. The number of fused-ring (bicyclic) bond motifs is 3. The largest absolute Gasteiger partial charge is 0.490 e. The van der Waals surface area contributed by atoms with Crippen molar-refractivity contribution in [1.29, 1.82) is 0 Å². The number of alkyl halides is 3. The Hall–Kier alpha value is -3.11. The molecule has 0 heterocycles. The van der Waals surface area contributed by atoms with Gasteiger partial charge in [0.05, 0.1) is 0 Å². The van der Waals surface area contributed by atoms with Crippen molar-refractivity contribution in [2.75, 3.05) is 40.8 Å². The highest BCUT2D eigenvalue weighted by Gasteiger charge is 2.38. The van der Waals surface area contributed by atoms with Crippen LogP contribution in [0.2, 0.25) is 0 Å². The Bertz CT molecular complexity index is 936. The Morgan fingerprint density at radius 3 is 1.91 bits per heavy atom. The fraction of sp³-hybridized carbons (Fsp3) is 0.417. The summed E-state index contributed by atoms with van der Waals surface area (Å²) >= 11 is 0. The van der Waals surface area contributed by atoms with E-state index in [0.717, 1.165) is 13.0 Å². The van der Waals surface area contributed by atoms with Crippen LogP contribution in [0, 0.1) is 0 Å². The van der Waals surface area contributed by atoms with Crippen molar-refractivity contribution < 1.29 is 32.6 Å². The van der Waals surface area contributed by atoms with Gasteiger partial charge in [-0.2, -0.15) is 13.2 Å². The zero-order valence-corrected chi connectivity index (χ0v) is 19.4. The van der Waals surface area contributed by atoms with Crippen molar-refractivity contribution in [3.05, 3.63) is 59.7 Å². The van der Waals surface area contributed by atoms with Crippen LogP contribution in [-0.4, -0.2) is 80.0 Å². The maximum absolute atomic E-state index is 12.6. The van der Waals surface area contributed by atoms with Gasteiger partial charge in [-0.25, -0.2) is 9.59 Å². The number of ether oxygens (including phenoxy) is 1. The van der Waals surface area contributed by atoms with E-state index in [1.807, 2.05) is 38.4 Å².